The highest BCUT2D eigenvalue weighted by molar-refractivity contribution is 7.99. The summed E-state index contributed by atoms with van der Waals surface area (Å²) in [4.78, 5) is 34.2. The second-order valence-electron chi connectivity index (χ2n) is 4.89. The Kier molecular flexibility index (Phi) is 6.33. The summed E-state index contributed by atoms with van der Waals surface area (Å²) >= 11 is 1.19. The maximum Gasteiger partial charge on any atom is 0.325 e. The fraction of sp³-hybridized carbons (Fsp3) is 0.500. The molecule has 0 aromatic carbocycles. The number of hydrogen-bond donors (Lipinski definition) is 2. The molecule has 0 spiro atoms. The Morgan fingerprint density at radius 3 is 2.70 bits per heavy atom. The number of anilines is 1. The third-order valence-electron chi connectivity index (χ3n) is 2.93. The predicted octanol–water partition coefficient (Wildman–Crippen LogP) is 0.596. The fourth-order valence-corrected chi connectivity index (χ4v) is 2.25. The normalized spacial score (nSPS) is 13.3. The number of nitrogens with zero attached hydrogens (tertiary/aromatic N) is 2. The van der Waals surface area contributed by atoms with E-state index in [9.17, 15) is 14.4 Å². The molecule has 1 saturated carbocycles. The van der Waals surface area contributed by atoms with Crippen LogP contribution in [-0.4, -0.2) is 46.9 Å². The van der Waals surface area contributed by atoms with Gasteiger partial charge in [-0.3, -0.25) is 14.4 Å². The Labute approximate surface area is 137 Å². The lowest BCUT2D eigenvalue weighted by molar-refractivity contribution is -0.143. The quantitative estimate of drug-likeness (QED) is 0.527. The first-order valence-electron chi connectivity index (χ1n) is 7.28. The van der Waals surface area contributed by atoms with Crippen LogP contribution in [0.15, 0.2) is 17.2 Å². The standard InChI is InChI=1S/C14H18N4O4S/c1-2-22-13(20)7-15-11(19)8-23-12-6-5-10(17-18-12)16-14(21)9-3-4-9/h5-6,9H,2-4,7-8H2,1H3,(H,15,19)(H,16,17,21). The SMILES string of the molecule is CCOC(=O)CNC(=O)CSc1ccc(NC(=O)C2CC2)nn1. The van der Waals surface area contributed by atoms with Gasteiger partial charge in [0, 0.05) is 5.92 Å². The number of nitrogens with one attached hydrogen (secondary N) is 2. The van der Waals surface area contributed by atoms with Crippen LogP contribution in [0.1, 0.15) is 19.8 Å². The van der Waals surface area contributed by atoms with Crippen LogP contribution in [0.3, 0.4) is 0 Å². The van der Waals surface area contributed by atoms with Crippen molar-refractivity contribution in [1.82, 2.24) is 15.5 Å². The molecule has 0 unspecified atom stereocenters. The number of rotatable bonds is 8. The van der Waals surface area contributed by atoms with Gasteiger partial charge in [0.1, 0.15) is 11.6 Å². The van der Waals surface area contributed by atoms with Gasteiger partial charge in [0.05, 0.1) is 12.4 Å². The van der Waals surface area contributed by atoms with E-state index in [0.717, 1.165) is 12.8 Å². The molecule has 124 valence electrons. The predicted molar refractivity (Wildman–Crippen MR) is 83.8 cm³/mol. The van der Waals surface area contributed by atoms with Gasteiger partial charge in [0.15, 0.2) is 5.82 Å². The molecule has 9 heteroatoms. The number of hydrogen-bond acceptors (Lipinski definition) is 7. The van der Waals surface area contributed by atoms with Gasteiger partial charge in [-0.2, -0.15) is 0 Å². The van der Waals surface area contributed by atoms with Gasteiger partial charge in [-0.1, -0.05) is 11.8 Å². The van der Waals surface area contributed by atoms with Crippen molar-refractivity contribution in [2.45, 2.75) is 24.8 Å². The van der Waals surface area contributed by atoms with Gasteiger partial charge < -0.3 is 15.4 Å². The molecule has 23 heavy (non-hydrogen) atoms. The lowest BCUT2D eigenvalue weighted by Gasteiger charge is -2.05. The average molecular weight is 338 g/mol. The Morgan fingerprint density at radius 2 is 2.09 bits per heavy atom. The smallest absolute Gasteiger partial charge is 0.325 e. The van der Waals surface area contributed by atoms with Crippen molar-refractivity contribution in [3.8, 4) is 0 Å². The van der Waals surface area contributed by atoms with Gasteiger partial charge in [-0.15, -0.1) is 10.2 Å². The summed E-state index contributed by atoms with van der Waals surface area (Å²) in [5.41, 5.74) is 0. The van der Waals surface area contributed by atoms with E-state index in [1.165, 1.54) is 11.8 Å². The molecule has 1 aliphatic rings. The zero-order valence-corrected chi connectivity index (χ0v) is 13.5. The number of carbonyl (C=O) groups excluding carboxylic acids is 3. The van der Waals surface area contributed by atoms with Gasteiger partial charge in [0.2, 0.25) is 11.8 Å². The van der Waals surface area contributed by atoms with Crippen LogP contribution in [-0.2, 0) is 19.1 Å². The van der Waals surface area contributed by atoms with E-state index in [4.69, 9.17) is 4.74 Å². The zero-order chi connectivity index (χ0) is 16.7. The summed E-state index contributed by atoms with van der Waals surface area (Å²) in [6.45, 7) is 1.83. The number of esters is 1. The maximum atomic E-state index is 11.6. The third kappa shape index (κ3) is 6.23. The lowest BCUT2D eigenvalue weighted by Crippen LogP contribution is -2.31. The first-order chi connectivity index (χ1) is 11.1. The van der Waals surface area contributed by atoms with Gasteiger partial charge in [-0.05, 0) is 31.9 Å². The lowest BCUT2D eigenvalue weighted by atomic mass is 10.4. The molecule has 0 atom stereocenters. The van der Waals surface area contributed by atoms with E-state index >= 15 is 0 Å². The van der Waals surface area contributed by atoms with Crippen LogP contribution in [0, 0.1) is 5.92 Å². The number of ether oxygens (including phenoxy) is 1. The molecule has 0 saturated heterocycles. The number of carbonyl (C=O) groups is 3. The molecule has 1 aromatic rings. The van der Waals surface area contributed by atoms with Crippen molar-refractivity contribution < 1.29 is 19.1 Å². The topological polar surface area (TPSA) is 110 Å². The zero-order valence-electron chi connectivity index (χ0n) is 12.7. The minimum absolute atomic E-state index is 0.0296. The summed E-state index contributed by atoms with van der Waals surface area (Å²) in [6, 6.07) is 3.32. The monoisotopic (exact) mass is 338 g/mol. The number of amides is 2. The molecule has 1 heterocycles. The molecular formula is C14H18N4O4S. The van der Waals surface area contributed by atoms with E-state index in [-0.39, 0.29) is 36.6 Å². The van der Waals surface area contributed by atoms with Crippen LogP contribution in [0.2, 0.25) is 0 Å². The first kappa shape index (κ1) is 17.2. The van der Waals surface area contributed by atoms with E-state index in [1.807, 2.05) is 0 Å². The van der Waals surface area contributed by atoms with E-state index < -0.39 is 5.97 Å². The molecule has 0 radical (unpaired) electrons. The molecule has 2 amide bonds. The van der Waals surface area contributed by atoms with Crippen molar-refractivity contribution >= 4 is 35.4 Å². The third-order valence-corrected chi connectivity index (χ3v) is 3.85. The van der Waals surface area contributed by atoms with Gasteiger partial charge >= 0.3 is 5.97 Å². The molecule has 2 N–H and O–H groups in total. The van der Waals surface area contributed by atoms with Crippen LogP contribution >= 0.6 is 11.8 Å². The van der Waals surface area contributed by atoms with Gasteiger partial charge in [0.25, 0.3) is 0 Å². The summed E-state index contributed by atoms with van der Waals surface area (Å²) in [5.74, 6) is -0.177. The molecule has 1 aliphatic carbocycles. The molecule has 0 bridgehead atoms. The van der Waals surface area contributed by atoms with E-state index in [2.05, 4.69) is 20.8 Å². The van der Waals surface area contributed by atoms with Crippen LogP contribution < -0.4 is 10.6 Å². The first-order valence-corrected chi connectivity index (χ1v) is 8.26. The molecule has 1 aromatic heterocycles. The summed E-state index contributed by atoms with van der Waals surface area (Å²) in [6.07, 6.45) is 1.85. The highest BCUT2D eigenvalue weighted by atomic mass is 32.2. The van der Waals surface area contributed by atoms with E-state index in [0.29, 0.717) is 10.8 Å². The number of aromatic nitrogens is 2. The van der Waals surface area contributed by atoms with E-state index in [1.54, 1.807) is 19.1 Å². The fourth-order valence-electron chi connectivity index (χ4n) is 1.61. The average Bonchev–Trinajstić information content (AvgIpc) is 3.37. The molecule has 0 aliphatic heterocycles. The highest BCUT2D eigenvalue weighted by Crippen LogP contribution is 2.29. The molecule has 1 fully saturated rings. The Balaban J connectivity index is 1.69. The summed E-state index contributed by atoms with van der Waals surface area (Å²) in [7, 11) is 0. The Morgan fingerprint density at radius 1 is 1.30 bits per heavy atom. The summed E-state index contributed by atoms with van der Waals surface area (Å²) in [5, 5.41) is 13.5. The Bertz CT molecular complexity index is 575. The minimum Gasteiger partial charge on any atom is -0.465 e. The van der Waals surface area contributed by atoms with Crippen molar-refractivity contribution in [3.63, 3.8) is 0 Å². The highest BCUT2D eigenvalue weighted by Gasteiger charge is 2.29. The maximum absolute atomic E-state index is 11.6. The van der Waals surface area contributed by atoms with Gasteiger partial charge in [-0.25, -0.2) is 0 Å². The molecule has 2 rings (SSSR count). The van der Waals surface area contributed by atoms with Crippen LogP contribution in [0.25, 0.3) is 0 Å². The van der Waals surface area contributed by atoms with Crippen LogP contribution in [0.4, 0.5) is 5.82 Å². The summed E-state index contributed by atoms with van der Waals surface area (Å²) < 4.78 is 4.70. The molecule has 8 nitrogen and oxygen atoms in total. The van der Waals surface area contributed by atoms with Crippen molar-refractivity contribution in [3.05, 3.63) is 12.1 Å². The minimum atomic E-state index is -0.471. The number of thioether (sulfide) groups is 1. The second-order valence-corrected chi connectivity index (χ2v) is 5.89. The largest absolute Gasteiger partial charge is 0.465 e. The van der Waals surface area contributed by atoms with Crippen LogP contribution in [0.5, 0.6) is 0 Å². The van der Waals surface area contributed by atoms with Crippen molar-refractivity contribution in [2.24, 2.45) is 5.92 Å². The van der Waals surface area contributed by atoms with Crippen molar-refractivity contribution in [2.75, 3.05) is 24.2 Å². The molecular weight excluding hydrogens is 320 g/mol. The van der Waals surface area contributed by atoms with Crippen molar-refractivity contribution in [1.29, 1.82) is 0 Å². The second kappa shape index (κ2) is 8.47. The Hall–Kier alpha value is -2.16.